The van der Waals surface area contributed by atoms with E-state index < -0.39 is 0 Å². The van der Waals surface area contributed by atoms with E-state index in [1.165, 1.54) is 0 Å². The van der Waals surface area contributed by atoms with Gasteiger partial charge in [0.2, 0.25) is 0 Å². The predicted molar refractivity (Wildman–Crippen MR) is 162 cm³/mol. The van der Waals surface area contributed by atoms with Crippen LogP contribution in [0.25, 0.3) is 22.4 Å². The van der Waals surface area contributed by atoms with Crippen molar-refractivity contribution in [2.75, 3.05) is 61.5 Å². The zero-order valence-corrected chi connectivity index (χ0v) is 24.1. The Bertz CT molecular complexity index is 1550. The van der Waals surface area contributed by atoms with E-state index in [2.05, 4.69) is 20.5 Å². The van der Waals surface area contributed by atoms with Gasteiger partial charge in [0.15, 0.2) is 11.5 Å². The van der Waals surface area contributed by atoms with Crippen molar-refractivity contribution < 1.29 is 19.1 Å². The Morgan fingerprint density at radius 2 is 1.74 bits per heavy atom. The van der Waals surface area contributed by atoms with Gasteiger partial charge in [-0.25, -0.2) is 24.2 Å². The number of piperidine rings is 1. The molecule has 2 aliphatic rings. The number of fused-ring (bicyclic) bond motifs is 1. The molecule has 3 aromatic heterocycles. The lowest BCUT2D eigenvalue weighted by molar-refractivity contribution is 0.0879. The Kier molecular flexibility index (Phi) is 8.59. The maximum atomic E-state index is 12.4. The molecule has 0 spiro atoms. The second-order valence-corrected chi connectivity index (χ2v) is 10.5. The Labute approximate surface area is 249 Å². The molecule has 43 heavy (non-hydrogen) atoms. The molecule has 2 saturated heterocycles. The van der Waals surface area contributed by atoms with Crippen LogP contribution in [0, 0.1) is 0 Å². The molecule has 13 nitrogen and oxygen atoms in total. The van der Waals surface area contributed by atoms with Gasteiger partial charge in [-0.3, -0.25) is 4.98 Å². The number of anilines is 3. The molecule has 3 amide bonds. The van der Waals surface area contributed by atoms with Crippen LogP contribution in [0.5, 0.6) is 0 Å². The van der Waals surface area contributed by atoms with Gasteiger partial charge < -0.3 is 29.9 Å². The summed E-state index contributed by atoms with van der Waals surface area (Å²) in [5, 5.41) is 11.3. The highest BCUT2D eigenvalue weighted by atomic mass is 16.6. The summed E-state index contributed by atoms with van der Waals surface area (Å²) in [5.74, 6) is 1.40. The molecule has 6 rings (SSSR count). The minimum Gasteiger partial charge on any atom is -0.449 e. The molecule has 2 fully saturated rings. The maximum Gasteiger partial charge on any atom is 0.409 e. The number of likely N-dealkylation sites (tertiary alicyclic amines) is 1. The Hall–Kier alpha value is -4.78. The van der Waals surface area contributed by atoms with Crippen LogP contribution >= 0.6 is 0 Å². The molecule has 0 bridgehead atoms. The van der Waals surface area contributed by atoms with E-state index in [4.69, 9.17) is 24.5 Å². The number of ether oxygens (including phenoxy) is 2. The van der Waals surface area contributed by atoms with E-state index in [0.29, 0.717) is 50.1 Å². The zero-order valence-electron chi connectivity index (χ0n) is 24.1. The van der Waals surface area contributed by atoms with Gasteiger partial charge in [-0.15, -0.1) is 0 Å². The van der Waals surface area contributed by atoms with E-state index >= 15 is 0 Å². The first-order chi connectivity index (χ1) is 21.1. The standard InChI is InChI=1S/C30H35N9O4/c1-2-16-43-30(41)38-12-9-24(10-13-38)39-28-25(20-32-39)27(37-14-17-42-18-15-37)35-26(36-28)21-5-7-22(8-6-21)33-29(40)34-23-4-3-11-31-19-23/h3-8,11,19-20,24H,2,9-10,12-18H2,1H3,(H2,33,34,40). The summed E-state index contributed by atoms with van der Waals surface area (Å²) in [4.78, 5) is 42.8. The van der Waals surface area contributed by atoms with Crippen molar-refractivity contribution in [1.82, 2.24) is 29.6 Å². The number of hydrogen-bond donors (Lipinski definition) is 2. The lowest BCUT2D eigenvalue weighted by Gasteiger charge is -2.31. The number of nitrogens with zero attached hydrogens (tertiary/aromatic N) is 7. The largest absolute Gasteiger partial charge is 0.449 e. The average Bonchev–Trinajstić information content (AvgIpc) is 3.48. The van der Waals surface area contributed by atoms with Gasteiger partial charge in [0.25, 0.3) is 0 Å². The summed E-state index contributed by atoms with van der Waals surface area (Å²) in [5.41, 5.74) is 2.81. The van der Waals surface area contributed by atoms with Gasteiger partial charge in [0, 0.05) is 43.6 Å². The second-order valence-electron chi connectivity index (χ2n) is 10.5. The molecule has 4 aromatic rings. The van der Waals surface area contributed by atoms with Crippen molar-refractivity contribution in [1.29, 1.82) is 0 Å². The molecule has 13 heteroatoms. The van der Waals surface area contributed by atoms with Gasteiger partial charge in [-0.05, 0) is 55.7 Å². The van der Waals surface area contributed by atoms with Crippen LogP contribution in [0.2, 0.25) is 0 Å². The third-order valence-electron chi connectivity index (χ3n) is 7.56. The van der Waals surface area contributed by atoms with Gasteiger partial charge in [0.1, 0.15) is 5.82 Å². The normalized spacial score (nSPS) is 15.8. The number of pyridine rings is 1. The number of carbonyl (C=O) groups is 2. The number of benzene rings is 1. The highest BCUT2D eigenvalue weighted by Crippen LogP contribution is 2.32. The summed E-state index contributed by atoms with van der Waals surface area (Å²) < 4.78 is 12.9. The monoisotopic (exact) mass is 585 g/mol. The zero-order chi connectivity index (χ0) is 29.6. The van der Waals surface area contributed by atoms with Gasteiger partial charge >= 0.3 is 12.1 Å². The number of aromatic nitrogens is 5. The van der Waals surface area contributed by atoms with Gasteiger partial charge in [-0.2, -0.15) is 5.10 Å². The van der Waals surface area contributed by atoms with Crippen LogP contribution < -0.4 is 15.5 Å². The predicted octanol–water partition coefficient (Wildman–Crippen LogP) is 4.55. The fourth-order valence-electron chi connectivity index (χ4n) is 5.33. The number of amides is 3. The topological polar surface area (TPSA) is 140 Å². The quantitative estimate of drug-likeness (QED) is 0.320. The SMILES string of the molecule is CCCOC(=O)N1CCC(n2ncc3c(N4CCOCC4)nc(-c4ccc(NC(=O)Nc5cccnc5)cc4)nc32)CC1. The molecule has 224 valence electrons. The minimum absolute atomic E-state index is 0.0953. The summed E-state index contributed by atoms with van der Waals surface area (Å²) in [6.07, 6.45) is 7.14. The smallest absolute Gasteiger partial charge is 0.409 e. The molecule has 0 unspecified atom stereocenters. The first-order valence-corrected chi connectivity index (χ1v) is 14.7. The summed E-state index contributed by atoms with van der Waals surface area (Å²) >= 11 is 0. The number of rotatable bonds is 7. The number of urea groups is 1. The fraction of sp³-hybridized carbons (Fsp3) is 0.400. The lowest BCUT2D eigenvalue weighted by atomic mass is 10.1. The van der Waals surface area contributed by atoms with Crippen molar-refractivity contribution in [2.24, 2.45) is 0 Å². The third-order valence-corrected chi connectivity index (χ3v) is 7.56. The molecular formula is C30H35N9O4. The first-order valence-electron chi connectivity index (χ1n) is 14.7. The van der Waals surface area contributed by atoms with E-state index in [1.807, 2.05) is 42.1 Å². The molecule has 0 aliphatic carbocycles. The van der Waals surface area contributed by atoms with Crippen molar-refractivity contribution in [3.05, 3.63) is 55.0 Å². The summed E-state index contributed by atoms with van der Waals surface area (Å²) in [7, 11) is 0. The molecule has 2 N–H and O–H groups in total. The summed E-state index contributed by atoms with van der Waals surface area (Å²) in [6.45, 7) is 6.33. The Morgan fingerprint density at radius 3 is 2.47 bits per heavy atom. The van der Waals surface area contributed by atoms with Crippen LogP contribution in [-0.4, -0.2) is 87.8 Å². The number of morpholine rings is 1. The van der Waals surface area contributed by atoms with Crippen LogP contribution in [0.1, 0.15) is 32.2 Å². The Morgan fingerprint density at radius 1 is 0.977 bits per heavy atom. The lowest BCUT2D eigenvalue weighted by Crippen LogP contribution is -2.39. The van der Waals surface area contributed by atoms with Crippen LogP contribution in [0.4, 0.5) is 26.8 Å². The van der Waals surface area contributed by atoms with E-state index in [-0.39, 0.29) is 18.2 Å². The van der Waals surface area contributed by atoms with Crippen molar-refractivity contribution >= 4 is 40.4 Å². The van der Waals surface area contributed by atoms with E-state index in [9.17, 15) is 9.59 Å². The van der Waals surface area contributed by atoms with Crippen molar-refractivity contribution in [3.8, 4) is 11.4 Å². The molecular weight excluding hydrogens is 550 g/mol. The van der Waals surface area contributed by atoms with Crippen molar-refractivity contribution in [3.63, 3.8) is 0 Å². The molecule has 0 atom stereocenters. The maximum absolute atomic E-state index is 12.4. The fourth-order valence-corrected chi connectivity index (χ4v) is 5.33. The highest BCUT2D eigenvalue weighted by molar-refractivity contribution is 5.99. The molecule has 5 heterocycles. The molecule has 1 aromatic carbocycles. The third kappa shape index (κ3) is 6.51. The minimum atomic E-state index is -0.360. The number of nitrogens with one attached hydrogen (secondary N) is 2. The Balaban J connectivity index is 1.24. The highest BCUT2D eigenvalue weighted by Gasteiger charge is 2.28. The average molecular weight is 586 g/mol. The molecule has 2 aliphatic heterocycles. The van der Waals surface area contributed by atoms with Gasteiger partial charge in [0.05, 0.1) is 49.3 Å². The molecule has 0 radical (unpaired) electrons. The van der Waals surface area contributed by atoms with Crippen LogP contribution in [0.15, 0.2) is 55.0 Å². The van der Waals surface area contributed by atoms with Crippen LogP contribution in [0.3, 0.4) is 0 Å². The van der Waals surface area contributed by atoms with E-state index in [0.717, 1.165) is 54.8 Å². The molecule has 0 saturated carbocycles. The van der Waals surface area contributed by atoms with E-state index in [1.54, 1.807) is 29.4 Å². The number of hydrogen-bond acceptors (Lipinski definition) is 9. The first kappa shape index (κ1) is 28.3. The second kappa shape index (κ2) is 13.0. The number of carbonyl (C=O) groups excluding carboxylic acids is 2. The van der Waals surface area contributed by atoms with Gasteiger partial charge in [-0.1, -0.05) is 6.92 Å². The summed E-state index contributed by atoms with van der Waals surface area (Å²) in [6, 6.07) is 10.7. The van der Waals surface area contributed by atoms with Crippen molar-refractivity contribution in [2.45, 2.75) is 32.2 Å². The van der Waals surface area contributed by atoms with Crippen LogP contribution in [-0.2, 0) is 9.47 Å².